The maximum Gasteiger partial charge on any atom is 0.228 e. The van der Waals surface area contributed by atoms with Gasteiger partial charge in [0, 0.05) is 6.42 Å². The molecule has 0 spiro atoms. The van der Waals surface area contributed by atoms with Crippen LogP contribution < -0.4 is 0 Å². The molecular formula is C14H18O. The zero-order chi connectivity index (χ0) is 11.3. The minimum absolute atomic E-state index is 0.0446. The molecule has 1 rings (SSSR count). The van der Waals surface area contributed by atoms with Crippen molar-refractivity contribution in [2.75, 3.05) is 0 Å². The van der Waals surface area contributed by atoms with Crippen molar-refractivity contribution >= 4 is 5.78 Å². The number of hydrogen-bond acceptors (Lipinski definition) is 1. The maximum atomic E-state index is 11.3. The number of carbonyl (C=O) groups excluding carboxylic acids is 1. The molecule has 1 aliphatic rings. The zero-order valence-electron chi connectivity index (χ0n) is 9.76. The molecule has 1 aliphatic carbocycles. The van der Waals surface area contributed by atoms with Gasteiger partial charge in [-0.25, -0.2) is 0 Å². The van der Waals surface area contributed by atoms with E-state index in [1.54, 1.807) is 6.08 Å². The van der Waals surface area contributed by atoms with E-state index in [1.165, 1.54) is 5.57 Å². The molecule has 0 heterocycles. The van der Waals surface area contributed by atoms with Gasteiger partial charge in [0.2, 0.25) is 5.78 Å². The van der Waals surface area contributed by atoms with Crippen LogP contribution in [0.3, 0.4) is 0 Å². The first kappa shape index (κ1) is 11.8. The number of rotatable bonds is 0. The predicted octanol–water partition coefficient (Wildman–Crippen LogP) is 3.27. The fourth-order valence-electron chi connectivity index (χ4n) is 1.36. The minimum Gasteiger partial charge on any atom is -0.280 e. The SMILES string of the molecule is C/C1=C\CC(C)(C)/C=C/C(=O)C#CCC1. The van der Waals surface area contributed by atoms with Crippen LogP contribution in [0.25, 0.3) is 0 Å². The van der Waals surface area contributed by atoms with Crippen molar-refractivity contribution < 1.29 is 4.79 Å². The predicted molar refractivity (Wildman–Crippen MR) is 63.3 cm³/mol. The summed E-state index contributed by atoms with van der Waals surface area (Å²) < 4.78 is 0. The first-order chi connectivity index (χ1) is 6.99. The maximum absolute atomic E-state index is 11.3. The largest absolute Gasteiger partial charge is 0.280 e. The molecule has 0 aliphatic heterocycles. The lowest BCUT2D eigenvalue weighted by Crippen LogP contribution is -2.06. The summed E-state index contributed by atoms with van der Waals surface area (Å²) in [6.07, 6.45) is 8.53. The Morgan fingerprint density at radius 2 is 2.13 bits per heavy atom. The summed E-state index contributed by atoms with van der Waals surface area (Å²) in [6.45, 7) is 6.39. The van der Waals surface area contributed by atoms with Gasteiger partial charge in [-0.2, -0.15) is 0 Å². The lowest BCUT2D eigenvalue weighted by atomic mass is 9.87. The Kier molecular flexibility index (Phi) is 3.91. The van der Waals surface area contributed by atoms with Crippen LogP contribution in [0.5, 0.6) is 0 Å². The highest BCUT2D eigenvalue weighted by molar-refractivity contribution is 6.04. The zero-order valence-corrected chi connectivity index (χ0v) is 9.76. The lowest BCUT2D eigenvalue weighted by molar-refractivity contribution is -0.109. The summed E-state index contributed by atoms with van der Waals surface area (Å²) in [6, 6.07) is 0. The molecule has 0 unspecified atom stereocenters. The van der Waals surface area contributed by atoms with E-state index in [1.807, 2.05) is 6.08 Å². The van der Waals surface area contributed by atoms with Crippen LogP contribution in [0.4, 0.5) is 0 Å². The van der Waals surface area contributed by atoms with Gasteiger partial charge in [0.25, 0.3) is 0 Å². The van der Waals surface area contributed by atoms with Crippen molar-refractivity contribution in [3.05, 3.63) is 23.8 Å². The van der Waals surface area contributed by atoms with Gasteiger partial charge in [0.05, 0.1) is 0 Å². The molecule has 0 amide bonds. The standard InChI is InChI=1S/C14H18O/c1-12-6-4-5-7-13(15)9-11-14(2,3)10-8-12/h8-9,11H,4,6,10H2,1-3H3/b11-9+,12-8+. The molecule has 0 bridgehead atoms. The third-order valence-corrected chi connectivity index (χ3v) is 2.52. The first-order valence-corrected chi connectivity index (χ1v) is 5.37. The van der Waals surface area contributed by atoms with E-state index in [4.69, 9.17) is 0 Å². The van der Waals surface area contributed by atoms with Gasteiger partial charge in [-0.15, -0.1) is 0 Å². The Balaban J connectivity index is 2.88. The molecular weight excluding hydrogens is 184 g/mol. The molecule has 80 valence electrons. The van der Waals surface area contributed by atoms with Crippen LogP contribution in [0.1, 0.15) is 40.0 Å². The molecule has 0 fully saturated rings. The Morgan fingerprint density at radius 1 is 1.40 bits per heavy atom. The van der Waals surface area contributed by atoms with Gasteiger partial charge in [0.1, 0.15) is 0 Å². The molecule has 0 radical (unpaired) electrons. The van der Waals surface area contributed by atoms with Gasteiger partial charge in [-0.05, 0) is 37.2 Å². The van der Waals surface area contributed by atoms with Crippen molar-refractivity contribution in [2.45, 2.75) is 40.0 Å². The topological polar surface area (TPSA) is 17.1 Å². The van der Waals surface area contributed by atoms with Gasteiger partial charge < -0.3 is 0 Å². The Hall–Kier alpha value is -1.29. The monoisotopic (exact) mass is 202 g/mol. The van der Waals surface area contributed by atoms with Crippen molar-refractivity contribution in [3.8, 4) is 11.8 Å². The third kappa shape index (κ3) is 4.65. The molecule has 0 N–H and O–H groups in total. The Morgan fingerprint density at radius 3 is 2.87 bits per heavy atom. The van der Waals surface area contributed by atoms with E-state index >= 15 is 0 Å². The van der Waals surface area contributed by atoms with E-state index < -0.39 is 0 Å². The molecule has 0 saturated carbocycles. The molecule has 15 heavy (non-hydrogen) atoms. The quantitative estimate of drug-likeness (QED) is 0.335. The average Bonchev–Trinajstić information content (AvgIpc) is 2.20. The van der Waals surface area contributed by atoms with Crippen LogP contribution in [0, 0.1) is 17.3 Å². The fraction of sp³-hybridized carbons (Fsp3) is 0.500. The second kappa shape index (κ2) is 4.98. The Labute approximate surface area is 92.3 Å². The minimum atomic E-state index is -0.0809. The van der Waals surface area contributed by atoms with Gasteiger partial charge >= 0.3 is 0 Å². The van der Waals surface area contributed by atoms with Crippen LogP contribution in [0.15, 0.2) is 23.8 Å². The fourth-order valence-corrected chi connectivity index (χ4v) is 1.36. The molecule has 1 heteroatoms. The molecule has 1 nitrogen and oxygen atoms in total. The highest BCUT2D eigenvalue weighted by Gasteiger charge is 2.12. The highest BCUT2D eigenvalue weighted by Crippen LogP contribution is 2.24. The van der Waals surface area contributed by atoms with Gasteiger partial charge in [-0.3, -0.25) is 4.79 Å². The molecule has 0 aromatic rings. The molecule has 0 atom stereocenters. The van der Waals surface area contributed by atoms with Crippen LogP contribution in [-0.4, -0.2) is 5.78 Å². The van der Waals surface area contributed by atoms with E-state index in [0.717, 1.165) is 19.3 Å². The van der Waals surface area contributed by atoms with E-state index in [-0.39, 0.29) is 11.2 Å². The second-order valence-electron chi connectivity index (χ2n) is 4.74. The van der Waals surface area contributed by atoms with E-state index in [0.29, 0.717) is 0 Å². The van der Waals surface area contributed by atoms with Gasteiger partial charge in [-0.1, -0.05) is 37.5 Å². The number of carbonyl (C=O) groups is 1. The molecule has 0 aromatic heterocycles. The summed E-state index contributed by atoms with van der Waals surface area (Å²) in [5, 5.41) is 0. The molecule has 0 aromatic carbocycles. The second-order valence-corrected chi connectivity index (χ2v) is 4.74. The Bertz CT molecular complexity index is 359. The van der Waals surface area contributed by atoms with Gasteiger partial charge in [0.15, 0.2) is 0 Å². The number of allylic oxidation sites excluding steroid dienone is 4. The van der Waals surface area contributed by atoms with Crippen molar-refractivity contribution in [1.82, 2.24) is 0 Å². The summed E-state index contributed by atoms with van der Waals surface area (Å²) in [5.74, 6) is 5.45. The first-order valence-electron chi connectivity index (χ1n) is 5.37. The van der Waals surface area contributed by atoms with Crippen molar-refractivity contribution in [2.24, 2.45) is 5.41 Å². The van der Waals surface area contributed by atoms with Crippen LogP contribution >= 0.6 is 0 Å². The van der Waals surface area contributed by atoms with Crippen LogP contribution in [-0.2, 0) is 4.79 Å². The number of ketones is 1. The highest BCUT2D eigenvalue weighted by atomic mass is 16.1. The normalized spacial score (nSPS) is 26.6. The third-order valence-electron chi connectivity index (χ3n) is 2.52. The molecule has 0 saturated heterocycles. The average molecular weight is 202 g/mol. The lowest BCUT2D eigenvalue weighted by Gasteiger charge is -2.17. The van der Waals surface area contributed by atoms with Crippen molar-refractivity contribution in [1.29, 1.82) is 0 Å². The summed E-state index contributed by atoms with van der Waals surface area (Å²) in [5.41, 5.74) is 1.41. The van der Waals surface area contributed by atoms with Crippen LogP contribution in [0.2, 0.25) is 0 Å². The number of hydrogen-bond donors (Lipinski definition) is 0. The summed E-state index contributed by atoms with van der Waals surface area (Å²) in [4.78, 5) is 11.3. The summed E-state index contributed by atoms with van der Waals surface area (Å²) in [7, 11) is 0. The summed E-state index contributed by atoms with van der Waals surface area (Å²) >= 11 is 0. The van der Waals surface area contributed by atoms with Crippen molar-refractivity contribution in [3.63, 3.8) is 0 Å². The van der Waals surface area contributed by atoms with E-state index in [2.05, 4.69) is 38.7 Å². The smallest absolute Gasteiger partial charge is 0.228 e. The van der Waals surface area contributed by atoms with E-state index in [9.17, 15) is 4.79 Å².